The summed E-state index contributed by atoms with van der Waals surface area (Å²) in [5, 5.41) is 2.77. The molecule has 6 nitrogen and oxygen atoms in total. The van der Waals surface area contributed by atoms with Crippen LogP contribution in [0.4, 0.5) is 23.7 Å². The largest absolute Gasteiger partial charge is 0.392 e. The van der Waals surface area contributed by atoms with Gasteiger partial charge in [0, 0.05) is 24.9 Å². The molecule has 2 atom stereocenters. The van der Waals surface area contributed by atoms with E-state index in [1.165, 1.54) is 4.90 Å². The molecule has 138 valence electrons. The number of likely N-dealkylation sites (tertiary alicyclic amines) is 1. The van der Waals surface area contributed by atoms with Gasteiger partial charge in [0.2, 0.25) is 0 Å². The van der Waals surface area contributed by atoms with E-state index in [2.05, 4.69) is 15.3 Å². The first-order chi connectivity index (χ1) is 11.8. The molecule has 2 heterocycles. The van der Waals surface area contributed by atoms with Crippen molar-refractivity contribution >= 4 is 11.7 Å². The first kappa shape index (κ1) is 17.9. The van der Waals surface area contributed by atoms with Crippen LogP contribution in [-0.2, 0) is 0 Å². The van der Waals surface area contributed by atoms with E-state index in [9.17, 15) is 18.0 Å². The third kappa shape index (κ3) is 4.02. The second-order valence-electron chi connectivity index (χ2n) is 6.80. The van der Waals surface area contributed by atoms with E-state index >= 15 is 0 Å². The number of amides is 2. The highest BCUT2D eigenvalue weighted by Gasteiger charge is 2.47. The summed E-state index contributed by atoms with van der Waals surface area (Å²) in [6, 6.07) is -0.423. The van der Waals surface area contributed by atoms with Gasteiger partial charge in [-0.15, -0.1) is 0 Å². The predicted octanol–water partition coefficient (Wildman–Crippen LogP) is 2.65. The number of rotatable bonds is 3. The molecule has 0 aromatic carbocycles. The molecule has 1 aliphatic carbocycles. The molecule has 2 aliphatic rings. The molecule has 3 N–H and O–H groups in total. The van der Waals surface area contributed by atoms with Crippen LogP contribution in [0.1, 0.15) is 36.7 Å². The molecule has 2 amide bonds. The third-order valence-electron chi connectivity index (χ3n) is 4.89. The van der Waals surface area contributed by atoms with Gasteiger partial charge in [-0.05, 0) is 32.7 Å². The molecule has 1 aromatic rings. The lowest BCUT2D eigenvalue weighted by atomic mass is 9.85. The van der Waals surface area contributed by atoms with Crippen molar-refractivity contribution in [2.24, 2.45) is 17.6 Å². The first-order valence-corrected chi connectivity index (χ1v) is 8.46. The molecule has 1 aliphatic heterocycles. The van der Waals surface area contributed by atoms with Crippen LogP contribution in [0, 0.1) is 18.8 Å². The summed E-state index contributed by atoms with van der Waals surface area (Å²) in [4.78, 5) is 22.4. The minimum Gasteiger partial charge on any atom is -0.330 e. The molecule has 1 saturated heterocycles. The number of nitrogens with two attached hydrogens (primary N) is 1. The summed E-state index contributed by atoms with van der Waals surface area (Å²) >= 11 is 0. The number of aromatic nitrogens is 2. The number of nitrogens with zero attached hydrogens (tertiary/aromatic N) is 3. The van der Waals surface area contributed by atoms with Gasteiger partial charge in [0.25, 0.3) is 0 Å². The molecule has 25 heavy (non-hydrogen) atoms. The van der Waals surface area contributed by atoms with Gasteiger partial charge >= 0.3 is 12.2 Å². The topological polar surface area (TPSA) is 84.1 Å². The molecule has 0 radical (unpaired) electrons. The van der Waals surface area contributed by atoms with Crippen LogP contribution in [0.2, 0.25) is 0 Å². The molecule has 2 fully saturated rings. The van der Waals surface area contributed by atoms with Gasteiger partial charge in [0.1, 0.15) is 5.82 Å². The highest BCUT2D eigenvalue weighted by molar-refractivity contribution is 5.90. The normalized spacial score (nSPS) is 24.3. The van der Waals surface area contributed by atoms with Crippen LogP contribution in [0.25, 0.3) is 0 Å². The van der Waals surface area contributed by atoms with E-state index in [1.807, 2.05) is 0 Å². The second kappa shape index (κ2) is 6.78. The summed E-state index contributed by atoms with van der Waals surface area (Å²) in [7, 11) is 0. The van der Waals surface area contributed by atoms with Gasteiger partial charge in [-0.1, -0.05) is 0 Å². The van der Waals surface area contributed by atoms with Crippen molar-refractivity contribution in [2.75, 3.05) is 25.0 Å². The number of aryl methyl sites for hydroxylation is 1. The lowest BCUT2D eigenvalue weighted by molar-refractivity contribution is -0.197. The maximum atomic E-state index is 13.0. The Morgan fingerprint density at radius 3 is 2.72 bits per heavy atom. The van der Waals surface area contributed by atoms with Gasteiger partial charge in [0.05, 0.1) is 23.5 Å². The third-order valence-corrected chi connectivity index (χ3v) is 4.89. The number of nitrogens with one attached hydrogen (secondary N) is 1. The number of urea groups is 1. The molecule has 2 unspecified atom stereocenters. The van der Waals surface area contributed by atoms with Crippen molar-refractivity contribution in [1.82, 2.24) is 14.9 Å². The number of alkyl halides is 3. The zero-order valence-corrected chi connectivity index (χ0v) is 14.0. The summed E-state index contributed by atoms with van der Waals surface area (Å²) < 4.78 is 39.1. The second-order valence-corrected chi connectivity index (χ2v) is 6.80. The Bertz CT molecular complexity index is 647. The van der Waals surface area contributed by atoms with Crippen molar-refractivity contribution < 1.29 is 18.0 Å². The van der Waals surface area contributed by atoms with Gasteiger partial charge in [-0.3, -0.25) is 0 Å². The number of halogens is 3. The fraction of sp³-hybridized carbons (Fsp3) is 0.688. The number of carbonyl (C=O) groups is 1. The van der Waals surface area contributed by atoms with Crippen molar-refractivity contribution in [1.29, 1.82) is 0 Å². The van der Waals surface area contributed by atoms with E-state index in [-0.39, 0.29) is 26.1 Å². The van der Waals surface area contributed by atoms with Gasteiger partial charge in [-0.2, -0.15) is 13.2 Å². The Labute approximate surface area is 144 Å². The average Bonchev–Trinajstić information content (AvgIpc) is 3.39. The Hall–Kier alpha value is -1.90. The van der Waals surface area contributed by atoms with Gasteiger partial charge < -0.3 is 16.0 Å². The van der Waals surface area contributed by atoms with E-state index in [4.69, 9.17) is 5.73 Å². The van der Waals surface area contributed by atoms with Crippen LogP contribution in [0.15, 0.2) is 6.20 Å². The van der Waals surface area contributed by atoms with Crippen LogP contribution < -0.4 is 11.1 Å². The predicted molar refractivity (Wildman–Crippen MR) is 86.0 cm³/mol. The fourth-order valence-electron chi connectivity index (χ4n) is 3.33. The molecule has 1 saturated carbocycles. The molecule has 0 bridgehead atoms. The molecular weight excluding hydrogens is 335 g/mol. The molecule has 1 aromatic heterocycles. The van der Waals surface area contributed by atoms with Crippen molar-refractivity contribution in [3.05, 3.63) is 17.7 Å². The first-order valence-electron chi connectivity index (χ1n) is 8.46. The Balaban J connectivity index is 1.68. The lowest BCUT2D eigenvalue weighted by Crippen LogP contribution is -2.51. The zero-order valence-electron chi connectivity index (χ0n) is 14.0. The van der Waals surface area contributed by atoms with Crippen LogP contribution >= 0.6 is 0 Å². The standard InChI is InChI=1S/C16H22F3N5O/c1-9-21-7-13(14(22-9)10-2-3-10)23-15(25)24-5-4-12(16(17,18)19)11(6-20)8-24/h7,10-12H,2-6,8,20H2,1H3,(H,23,25). The maximum absolute atomic E-state index is 13.0. The monoisotopic (exact) mass is 357 g/mol. The van der Waals surface area contributed by atoms with Crippen molar-refractivity contribution in [3.8, 4) is 0 Å². The smallest absolute Gasteiger partial charge is 0.330 e. The highest BCUT2D eigenvalue weighted by atomic mass is 19.4. The van der Waals surface area contributed by atoms with E-state index in [0.29, 0.717) is 17.4 Å². The molecule has 3 rings (SSSR count). The summed E-state index contributed by atoms with van der Waals surface area (Å²) in [6.45, 7) is 1.73. The number of hydrogen-bond donors (Lipinski definition) is 2. The minimum atomic E-state index is -4.28. The molecular formula is C16H22F3N5O. The quantitative estimate of drug-likeness (QED) is 0.871. The SMILES string of the molecule is Cc1ncc(NC(=O)N2CCC(C(F)(F)F)C(CN)C2)c(C2CC2)n1. The minimum absolute atomic E-state index is 0.00199. The molecule has 0 spiro atoms. The Morgan fingerprint density at radius 1 is 1.40 bits per heavy atom. The van der Waals surface area contributed by atoms with Gasteiger partial charge in [-0.25, -0.2) is 14.8 Å². The van der Waals surface area contributed by atoms with E-state index in [0.717, 1.165) is 18.5 Å². The number of hydrogen-bond acceptors (Lipinski definition) is 4. The van der Waals surface area contributed by atoms with E-state index in [1.54, 1.807) is 13.1 Å². The Morgan fingerprint density at radius 2 is 2.12 bits per heavy atom. The van der Waals surface area contributed by atoms with Crippen molar-refractivity contribution in [2.45, 2.75) is 38.3 Å². The number of piperidine rings is 1. The zero-order chi connectivity index (χ0) is 18.2. The Kier molecular flexibility index (Phi) is 4.86. The van der Waals surface area contributed by atoms with Crippen LogP contribution in [-0.4, -0.2) is 46.7 Å². The van der Waals surface area contributed by atoms with Crippen LogP contribution in [0.5, 0.6) is 0 Å². The molecule has 9 heteroatoms. The number of carbonyl (C=O) groups excluding carboxylic acids is 1. The maximum Gasteiger partial charge on any atom is 0.392 e. The highest BCUT2D eigenvalue weighted by Crippen LogP contribution is 2.42. The summed E-state index contributed by atoms with van der Waals surface area (Å²) in [5.74, 6) is -1.28. The lowest BCUT2D eigenvalue weighted by Gasteiger charge is -2.38. The van der Waals surface area contributed by atoms with Crippen molar-refractivity contribution in [3.63, 3.8) is 0 Å². The fourth-order valence-corrected chi connectivity index (χ4v) is 3.33. The van der Waals surface area contributed by atoms with E-state index < -0.39 is 24.0 Å². The van der Waals surface area contributed by atoms with Crippen LogP contribution in [0.3, 0.4) is 0 Å². The summed E-state index contributed by atoms with van der Waals surface area (Å²) in [6.07, 6.45) is -0.803. The van der Waals surface area contributed by atoms with Gasteiger partial charge in [0.15, 0.2) is 0 Å². The average molecular weight is 357 g/mol. The number of anilines is 1. The summed E-state index contributed by atoms with van der Waals surface area (Å²) in [5.41, 5.74) is 6.86.